The van der Waals surface area contributed by atoms with Gasteiger partial charge in [0.2, 0.25) is 0 Å². The number of amides is 1. The van der Waals surface area contributed by atoms with Gasteiger partial charge in [-0.25, -0.2) is 9.67 Å². The molecule has 0 saturated carbocycles. The average molecular weight is 392 g/mol. The Hall–Kier alpha value is -3.06. The van der Waals surface area contributed by atoms with Gasteiger partial charge in [0.05, 0.1) is 11.2 Å². The molecule has 0 radical (unpaired) electrons. The first kappa shape index (κ1) is 18.3. The summed E-state index contributed by atoms with van der Waals surface area (Å²) < 4.78 is 1.66. The monoisotopic (exact) mass is 391 g/mol. The van der Waals surface area contributed by atoms with Crippen molar-refractivity contribution < 1.29 is 4.79 Å². The third-order valence-electron chi connectivity index (χ3n) is 4.19. The van der Waals surface area contributed by atoms with Gasteiger partial charge in [0, 0.05) is 16.5 Å². The van der Waals surface area contributed by atoms with Crippen molar-refractivity contribution in [1.82, 2.24) is 25.3 Å². The first-order chi connectivity index (χ1) is 13.4. The van der Waals surface area contributed by atoms with Crippen molar-refractivity contribution in [3.8, 4) is 11.3 Å². The number of benzene rings is 2. The number of nitrogens with zero attached hydrogens (tertiary/aromatic N) is 4. The van der Waals surface area contributed by atoms with E-state index in [0.29, 0.717) is 5.01 Å². The Kier molecular flexibility index (Phi) is 4.68. The second kappa shape index (κ2) is 7.16. The molecule has 1 unspecified atom stereocenters. The number of para-hydroxylation sites is 1. The van der Waals surface area contributed by atoms with E-state index in [1.54, 1.807) is 4.68 Å². The minimum Gasteiger partial charge on any atom is -0.349 e. The first-order valence-electron chi connectivity index (χ1n) is 9.05. The SMILES string of the molecule is CC(C)(C)NC(=O)C(c1nc(-c2ccccc2)cs1)n1nnc2ccccc21. The number of hydrogen-bond acceptors (Lipinski definition) is 5. The predicted octanol–water partition coefficient (Wildman–Crippen LogP) is 4.06. The molecule has 0 spiro atoms. The van der Waals surface area contributed by atoms with Crippen LogP contribution in [-0.4, -0.2) is 31.4 Å². The third-order valence-corrected chi connectivity index (χ3v) is 5.09. The van der Waals surface area contributed by atoms with Gasteiger partial charge < -0.3 is 5.32 Å². The average Bonchev–Trinajstić information content (AvgIpc) is 3.30. The van der Waals surface area contributed by atoms with Crippen LogP contribution in [0.1, 0.15) is 31.8 Å². The molecular formula is C21H21N5OS. The van der Waals surface area contributed by atoms with Gasteiger partial charge in [-0.1, -0.05) is 47.7 Å². The molecular weight excluding hydrogens is 370 g/mol. The quantitative estimate of drug-likeness (QED) is 0.569. The highest BCUT2D eigenvalue weighted by Gasteiger charge is 2.31. The molecule has 2 aromatic heterocycles. The van der Waals surface area contributed by atoms with Gasteiger partial charge in [-0.15, -0.1) is 16.4 Å². The van der Waals surface area contributed by atoms with E-state index in [-0.39, 0.29) is 11.4 Å². The second-order valence-corrected chi connectivity index (χ2v) is 8.49. The number of carbonyl (C=O) groups excluding carboxylic acids is 1. The molecule has 2 heterocycles. The normalized spacial score (nSPS) is 12.8. The fourth-order valence-corrected chi connectivity index (χ4v) is 3.91. The molecule has 0 aliphatic carbocycles. The van der Waals surface area contributed by atoms with E-state index in [9.17, 15) is 4.79 Å². The van der Waals surface area contributed by atoms with Crippen molar-refractivity contribution in [3.63, 3.8) is 0 Å². The third kappa shape index (κ3) is 3.66. The van der Waals surface area contributed by atoms with Crippen LogP contribution in [0.4, 0.5) is 0 Å². The molecule has 0 saturated heterocycles. The Morgan fingerprint density at radius 2 is 1.79 bits per heavy atom. The first-order valence-corrected chi connectivity index (χ1v) is 9.93. The number of thiazole rings is 1. The Balaban J connectivity index is 1.80. The van der Waals surface area contributed by atoms with Gasteiger partial charge in [-0.05, 0) is 32.9 Å². The maximum atomic E-state index is 13.2. The van der Waals surface area contributed by atoms with Crippen LogP contribution in [0.5, 0.6) is 0 Å². The van der Waals surface area contributed by atoms with Crippen LogP contribution in [0.15, 0.2) is 60.0 Å². The van der Waals surface area contributed by atoms with Gasteiger partial charge in [0.25, 0.3) is 5.91 Å². The lowest BCUT2D eigenvalue weighted by Crippen LogP contribution is -2.45. The molecule has 1 atom stereocenters. The summed E-state index contributed by atoms with van der Waals surface area (Å²) in [4.78, 5) is 18.0. The van der Waals surface area contributed by atoms with Crippen molar-refractivity contribution in [2.75, 3.05) is 0 Å². The molecule has 0 aliphatic heterocycles. The van der Waals surface area contributed by atoms with Crippen LogP contribution < -0.4 is 5.32 Å². The summed E-state index contributed by atoms with van der Waals surface area (Å²) in [6.45, 7) is 5.87. The molecule has 0 aliphatic rings. The van der Waals surface area contributed by atoms with Crippen LogP contribution in [0.25, 0.3) is 22.3 Å². The highest BCUT2D eigenvalue weighted by Crippen LogP contribution is 2.29. The second-order valence-electron chi connectivity index (χ2n) is 7.60. The fourth-order valence-electron chi connectivity index (χ4n) is 3.00. The minimum absolute atomic E-state index is 0.155. The van der Waals surface area contributed by atoms with E-state index < -0.39 is 6.04 Å². The molecule has 7 heteroatoms. The van der Waals surface area contributed by atoms with Gasteiger partial charge in [0.1, 0.15) is 10.5 Å². The zero-order valence-electron chi connectivity index (χ0n) is 16.0. The van der Waals surface area contributed by atoms with Crippen molar-refractivity contribution >= 4 is 28.3 Å². The number of fused-ring (bicyclic) bond motifs is 1. The summed E-state index contributed by atoms with van der Waals surface area (Å²) in [5, 5.41) is 14.2. The Bertz CT molecular complexity index is 1110. The predicted molar refractivity (Wildman–Crippen MR) is 111 cm³/mol. The summed E-state index contributed by atoms with van der Waals surface area (Å²) in [5.41, 5.74) is 3.04. The molecule has 2 aromatic carbocycles. The minimum atomic E-state index is -0.686. The lowest BCUT2D eigenvalue weighted by atomic mass is 10.1. The lowest BCUT2D eigenvalue weighted by Gasteiger charge is -2.24. The van der Waals surface area contributed by atoms with Crippen LogP contribution in [0.3, 0.4) is 0 Å². The maximum Gasteiger partial charge on any atom is 0.252 e. The molecule has 1 amide bonds. The largest absolute Gasteiger partial charge is 0.349 e. The van der Waals surface area contributed by atoms with E-state index >= 15 is 0 Å². The number of aromatic nitrogens is 4. The smallest absolute Gasteiger partial charge is 0.252 e. The van der Waals surface area contributed by atoms with Gasteiger partial charge in [-0.2, -0.15) is 0 Å². The number of carbonyl (C=O) groups is 1. The molecule has 0 bridgehead atoms. The molecule has 4 aromatic rings. The lowest BCUT2D eigenvalue weighted by molar-refractivity contribution is -0.124. The summed E-state index contributed by atoms with van der Waals surface area (Å²) in [6.07, 6.45) is 0. The highest BCUT2D eigenvalue weighted by molar-refractivity contribution is 7.10. The van der Waals surface area contributed by atoms with Crippen molar-refractivity contribution in [1.29, 1.82) is 0 Å². The van der Waals surface area contributed by atoms with E-state index in [4.69, 9.17) is 4.98 Å². The zero-order chi connectivity index (χ0) is 19.7. The topological polar surface area (TPSA) is 72.7 Å². The van der Waals surface area contributed by atoms with E-state index in [0.717, 1.165) is 22.3 Å². The van der Waals surface area contributed by atoms with Gasteiger partial charge in [0.15, 0.2) is 6.04 Å². The molecule has 1 N–H and O–H groups in total. The number of rotatable bonds is 4. The van der Waals surface area contributed by atoms with Gasteiger partial charge in [-0.3, -0.25) is 4.79 Å². The molecule has 28 heavy (non-hydrogen) atoms. The van der Waals surface area contributed by atoms with Gasteiger partial charge >= 0.3 is 0 Å². The van der Waals surface area contributed by atoms with Crippen LogP contribution >= 0.6 is 11.3 Å². The number of hydrogen-bond donors (Lipinski definition) is 1. The fraction of sp³-hybridized carbons (Fsp3) is 0.238. The summed E-state index contributed by atoms with van der Waals surface area (Å²) in [7, 11) is 0. The van der Waals surface area contributed by atoms with E-state index in [1.165, 1.54) is 11.3 Å². The Morgan fingerprint density at radius 3 is 2.54 bits per heavy atom. The van der Waals surface area contributed by atoms with Crippen molar-refractivity contribution in [2.45, 2.75) is 32.4 Å². The van der Waals surface area contributed by atoms with Crippen LogP contribution in [-0.2, 0) is 4.79 Å². The molecule has 4 rings (SSSR count). The maximum absolute atomic E-state index is 13.2. The summed E-state index contributed by atoms with van der Waals surface area (Å²) >= 11 is 1.45. The van der Waals surface area contributed by atoms with Crippen molar-refractivity contribution in [3.05, 3.63) is 65.0 Å². The molecule has 142 valence electrons. The van der Waals surface area contributed by atoms with E-state index in [2.05, 4.69) is 15.6 Å². The molecule has 0 fully saturated rings. The van der Waals surface area contributed by atoms with E-state index in [1.807, 2.05) is 80.7 Å². The molecule has 6 nitrogen and oxygen atoms in total. The summed E-state index contributed by atoms with van der Waals surface area (Å²) in [5.74, 6) is -0.155. The zero-order valence-corrected chi connectivity index (χ0v) is 16.8. The van der Waals surface area contributed by atoms with Crippen LogP contribution in [0.2, 0.25) is 0 Å². The highest BCUT2D eigenvalue weighted by atomic mass is 32.1. The summed E-state index contributed by atoms with van der Waals surface area (Å²) in [6, 6.07) is 16.9. The van der Waals surface area contributed by atoms with Crippen molar-refractivity contribution in [2.24, 2.45) is 0 Å². The Morgan fingerprint density at radius 1 is 1.07 bits per heavy atom. The standard InChI is InChI=1S/C21H21N5OS/c1-21(2,3)23-19(27)18(26-17-12-8-7-11-15(17)24-25-26)20-22-16(13-28-20)14-9-5-4-6-10-14/h4-13,18H,1-3H3,(H,23,27). The van der Waals surface area contributed by atoms with Crippen LogP contribution in [0, 0.1) is 0 Å². The number of nitrogens with one attached hydrogen (secondary N) is 1. The Labute approximate surface area is 167 Å².